The lowest BCUT2D eigenvalue weighted by Crippen LogP contribution is -2.34. The van der Waals surface area contributed by atoms with Crippen LogP contribution in [0.5, 0.6) is 0 Å². The molecule has 4 atom stereocenters. The molecule has 118 valence electrons. The van der Waals surface area contributed by atoms with Gasteiger partial charge in [-0.05, 0) is 0 Å². The highest BCUT2D eigenvalue weighted by molar-refractivity contribution is 9.09. The smallest absolute Gasteiger partial charge is 0.303 e. The molecule has 0 amide bonds. The van der Waals surface area contributed by atoms with Gasteiger partial charge in [0, 0.05) is 6.92 Å². The topological polar surface area (TPSA) is 125 Å². The first kappa shape index (κ1) is 15.1. The molecule has 2 aromatic rings. The predicted molar refractivity (Wildman–Crippen MR) is 79.0 cm³/mol. The summed E-state index contributed by atoms with van der Waals surface area (Å²) < 4.78 is 12.7. The molecule has 0 saturated carbocycles. The molecule has 1 saturated heterocycles. The van der Waals surface area contributed by atoms with E-state index in [1.54, 1.807) is 4.57 Å². The largest absolute Gasteiger partial charge is 0.458 e. The summed E-state index contributed by atoms with van der Waals surface area (Å²) in [7, 11) is 0. The third kappa shape index (κ3) is 2.42. The van der Waals surface area contributed by atoms with E-state index in [0.29, 0.717) is 11.2 Å². The molecule has 1 aliphatic heterocycles. The number of rotatable bonds is 3. The number of anilines is 1. The fraction of sp³-hybridized carbons (Fsp3) is 0.500. The van der Waals surface area contributed by atoms with Crippen molar-refractivity contribution in [3.05, 3.63) is 12.7 Å². The predicted octanol–water partition coefficient (Wildman–Crippen LogP) is -0.00660. The number of nitrogen functional groups attached to an aromatic ring is 1. The van der Waals surface area contributed by atoms with Crippen LogP contribution in [0.4, 0.5) is 5.82 Å². The quantitative estimate of drug-likeness (QED) is 0.570. The Morgan fingerprint density at radius 1 is 1.55 bits per heavy atom. The molecule has 1 fully saturated rings. The number of aliphatic hydroxyl groups excluding tert-OH is 1. The zero-order chi connectivity index (χ0) is 15.9. The van der Waals surface area contributed by atoms with E-state index in [9.17, 15) is 9.90 Å². The number of hydrogen-bond donors (Lipinski definition) is 2. The summed E-state index contributed by atoms with van der Waals surface area (Å²) in [6.45, 7) is 1.03. The maximum Gasteiger partial charge on any atom is 0.303 e. The summed E-state index contributed by atoms with van der Waals surface area (Å²) in [6.07, 6.45) is 1.04. The molecule has 3 heterocycles. The van der Waals surface area contributed by atoms with E-state index >= 15 is 0 Å². The lowest BCUT2D eigenvalue weighted by molar-refractivity contribution is -0.150. The van der Waals surface area contributed by atoms with Gasteiger partial charge in [-0.1, -0.05) is 15.9 Å². The Morgan fingerprint density at radius 2 is 2.32 bits per heavy atom. The number of carbonyl (C=O) groups is 1. The van der Waals surface area contributed by atoms with Crippen LogP contribution < -0.4 is 5.73 Å². The summed E-state index contributed by atoms with van der Waals surface area (Å²) in [5.41, 5.74) is 6.72. The van der Waals surface area contributed by atoms with Crippen molar-refractivity contribution in [3.63, 3.8) is 0 Å². The van der Waals surface area contributed by atoms with Gasteiger partial charge in [0.15, 0.2) is 17.7 Å². The van der Waals surface area contributed by atoms with Crippen LogP contribution >= 0.6 is 15.9 Å². The van der Waals surface area contributed by atoms with Crippen LogP contribution in [-0.4, -0.2) is 54.2 Å². The molecule has 3 rings (SSSR count). The monoisotopic (exact) mass is 371 g/mol. The number of hydrogen-bond acceptors (Lipinski definition) is 8. The average molecular weight is 372 g/mol. The molecule has 1 aliphatic rings. The normalized spacial score (nSPS) is 28.1. The molecule has 0 aliphatic carbocycles. The second kappa shape index (κ2) is 5.78. The SMILES string of the molecule is CC(=O)O[C@H]1[C@H](Br)[C@H](n2cnc3c(N)ncnc32)O[C@@H]1CO. The van der Waals surface area contributed by atoms with E-state index < -0.39 is 24.4 Å². The number of carbonyl (C=O) groups excluding carboxylic acids is 1. The van der Waals surface area contributed by atoms with Crippen molar-refractivity contribution in [1.82, 2.24) is 19.5 Å². The van der Waals surface area contributed by atoms with Gasteiger partial charge in [0.25, 0.3) is 0 Å². The van der Waals surface area contributed by atoms with Crippen LogP contribution in [0.2, 0.25) is 0 Å². The molecule has 0 unspecified atom stereocenters. The van der Waals surface area contributed by atoms with E-state index in [0.717, 1.165) is 0 Å². The number of esters is 1. The summed E-state index contributed by atoms with van der Waals surface area (Å²) in [5.74, 6) is -0.178. The molecule has 0 radical (unpaired) electrons. The summed E-state index contributed by atoms with van der Waals surface area (Å²) in [5, 5.41) is 9.43. The number of alkyl halides is 1. The summed E-state index contributed by atoms with van der Waals surface area (Å²) in [6, 6.07) is 0. The lowest BCUT2D eigenvalue weighted by atomic mass is 10.2. The van der Waals surface area contributed by atoms with E-state index in [1.807, 2.05) is 0 Å². The molecule has 9 nitrogen and oxygen atoms in total. The van der Waals surface area contributed by atoms with Gasteiger partial charge in [0.05, 0.1) is 17.8 Å². The third-order valence-corrected chi connectivity index (χ3v) is 4.38. The molecule has 0 aromatic carbocycles. The molecule has 3 N–H and O–H groups in total. The highest BCUT2D eigenvalue weighted by Crippen LogP contribution is 2.37. The molecule has 0 spiro atoms. The van der Waals surface area contributed by atoms with Crippen LogP contribution in [0.3, 0.4) is 0 Å². The van der Waals surface area contributed by atoms with E-state index in [1.165, 1.54) is 19.6 Å². The van der Waals surface area contributed by atoms with Crippen LogP contribution in [0.15, 0.2) is 12.7 Å². The van der Waals surface area contributed by atoms with Crippen molar-refractivity contribution in [1.29, 1.82) is 0 Å². The Labute approximate surface area is 133 Å². The Kier molecular flexibility index (Phi) is 3.98. The van der Waals surface area contributed by atoms with Crippen molar-refractivity contribution in [3.8, 4) is 0 Å². The molecule has 22 heavy (non-hydrogen) atoms. The van der Waals surface area contributed by atoms with Gasteiger partial charge >= 0.3 is 5.97 Å². The van der Waals surface area contributed by atoms with E-state index in [4.69, 9.17) is 15.2 Å². The lowest BCUT2D eigenvalue weighted by Gasteiger charge is -2.18. The Hall–Kier alpha value is -1.78. The highest BCUT2D eigenvalue weighted by atomic mass is 79.9. The zero-order valence-corrected chi connectivity index (χ0v) is 13.2. The number of imidazole rings is 1. The average Bonchev–Trinajstić information content (AvgIpc) is 3.02. The Bertz CT molecular complexity index is 708. The van der Waals surface area contributed by atoms with Gasteiger partial charge < -0.3 is 20.3 Å². The minimum absolute atomic E-state index is 0.267. The van der Waals surface area contributed by atoms with Crippen LogP contribution in [0.1, 0.15) is 13.2 Å². The maximum absolute atomic E-state index is 11.2. The summed E-state index contributed by atoms with van der Waals surface area (Å²) in [4.78, 5) is 23.1. The number of aliphatic hydroxyl groups is 1. The number of aromatic nitrogens is 4. The minimum atomic E-state index is -0.644. The number of fused-ring (bicyclic) bond motifs is 1. The molecule has 10 heteroatoms. The first-order valence-electron chi connectivity index (χ1n) is 6.53. The van der Waals surface area contributed by atoms with Gasteiger partial charge in [0.2, 0.25) is 0 Å². The van der Waals surface area contributed by atoms with Crippen LogP contribution in [0.25, 0.3) is 11.2 Å². The Morgan fingerprint density at radius 3 is 3.00 bits per heavy atom. The van der Waals surface area contributed by atoms with Crippen LogP contribution in [-0.2, 0) is 14.3 Å². The van der Waals surface area contributed by atoms with Gasteiger partial charge in [-0.3, -0.25) is 9.36 Å². The number of halogens is 1. The van der Waals surface area contributed by atoms with Crippen molar-refractivity contribution in [2.45, 2.75) is 30.2 Å². The highest BCUT2D eigenvalue weighted by Gasteiger charge is 2.46. The second-order valence-corrected chi connectivity index (χ2v) is 5.91. The van der Waals surface area contributed by atoms with Gasteiger partial charge in [-0.2, -0.15) is 0 Å². The van der Waals surface area contributed by atoms with Crippen LogP contribution in [0, 0.1) is 0 Å². The van der Waals surface area contributed by atoms with Crippen molar-refractivity contribution in [2.75, 3.05) is 12.3 Å². The number of nitrogens with two attached hydrogens (primary N) is 1. The van der Waals surface area contributed by atoms with Gasteiger partial charge in [-0.25, -0.2) is 15.0 Å². The van der Waals surface area contributed by atoms with Gasteiger partial charge in [0.1, 0.15) is 24.1 Å². The number of ether oxygens (including phenoxy) is 2. The molecular weight excluding hydrogens is 358 g/mol. The fourth-order valence-corrected chi connectivity index (χ4v) is 3.28. The minimum Gasteiger partial charge on any atom is -0.458 e. The number of nitrogens with zero attached hydrogens (tertiary/aromatic N) is 4. The van der Waals surface area contributed by atoms with E-state index in [2.05, 4.69) is 30.9 Å². The standard InChI is InChI=1S/C12H14BrN5O4/c1-5(20)21-9-6(2-19)22-12(7(9)13)18-4-17-8-10(14)15-3-16-11(8)18/h3-4,6-7,9,12,19H,2H2,1H3,(H2,14,15,16)/t6-,7+,9-,12-/m1/s1. The Balaban J connectivity index is 1.97. The van der Waals surface area contributed by atoms with Crippen molar-refractivity contribution < 1.29 is 19.4 Å². The second-order valence-electron chi connectivity index (χ2n) is 4.85. The van der Waals surface area contributed by atoms with E-state index in [-0.39, 0.29) is 17.3 Å². The molecule has 0 bridgehead atoms. The third-order valence-electron chi connectivity index (χ3n) is 3.41. The summed E-state index contributed by atoms with van der Waals surface area (Å²) >= 11 is 3.47. The first-order chi connectivity index (χ1) is 10.5. The van der Waals surface area contributed by atoms with Gasteiger partial charge in [-0.15, -0.1) is 0 Å². The zero-order valence-electron chi connectivity index (χ0n) is 11.6. The molecule has 2 aromatic heterocycles. The maximum atomic E-state index is 11.2. The fourth-order valence-electron chi connectivity index (χ4n) is 2.45. The first-order valence-corrected chi connectivity index (χ1v) is 7.45. The van der Waals surface area contributed by atoms with Crippen molar-refractivity contribution in [2.24, 2.45) is 0 Å². The molecular formula is C12H14BrN5O4. The van der Waals surface area contributed by atoms with Crippen molar-refractivity contribution >= 4 is 38.9 Å².